The van der Waals surface area contributed by atoms with Crippen LogP contribution in [0.1, 0.15) is 94.3 Å². The Balaban J connectivity index is 1.57. The Labute approximate surface area is 234 Å². The van der Waals surface area contributed by atoms with Gasteiger partial charge in [-0.15, -0.1) is 0 Å². The Morgan fingerprint density at radius 2 is 1.75 bits per heavy atom. The van der Waals surface area contributed by atoms with E-state index in [1.807, 2.05) is 20.8 Å². The first kappa shape index (κ1) is 29.2. The second-order valence-electron chi connectivity index (χ2n) is 12.8. The maximum absolute atomic E-state index is 13.5. The lowest BCUT2D eigenvalue weighted by molar-refractivity contribution is -0.155. The molecular formula is C29H38N4O7. The van der Waals surface area contributed by atoms with E-state index in [2.05, 4.69) is 6.07 Å². The monoisotopic (exact) mass is 554 g/mol. The topological polar surface area (TPSA) is 152 Å². The first-order chi connectivity index (χ1) is 18.5. The van der Waals surface area contributed by atoms with Crippen molar-refractivity contribution >= 4 is 23.9 Å². The van der Waals surface area contributed by atoms with Crippen molar-refractivity contribution in [2.24, 2.45) is 5.73 Å². The molecule has 3 aliphatic heterocycles. The average molecular weight is 555 g/mol. The highest BCUT2D eigenvalue weighted by molar-refractivity contribution is 6.04. The number of carbonyl (C=O) groups excluding carboxylic acids is 4. The van der Waals surface area contributed by atoms with Gasteiger partial charge in [-0.3, -0.25) is 14.4 Å². The molecule has 4 rings (SSSR count). The van der Waals surface area contributed by atoms with E-state index in [-0.39, 0.29) is 36.6 Å². The number of rotatable bonds is 5. The molecule has 2 N–H and O–H groups in total. The van der Waals surface area contributed by atoms with E-state index in [9.17, 15) is 24.4 Å². The molecular weight excluding hydrogens is 516 g/mol. The largest absolute Gasteiger partial charge is 0.492 e. The van der Waals surface area contributed by atoms with Crippen molar-refractivity contribution in [2.45, 2.75) is 96.4 Å². The summed E-state index contributed by atoms with van der Waals surface area (Å²) in [5.41, 5.74) is 5.78. The summed E-state index contributed by atoms with van der Waals surface area (Å²) >= 11 is 0. The lowest BCUT2D eigenvalue weighted by Crippen LogP contribution is -2.47. The van der Waals surface area contributed by atoms with Crippen LogP contribution in [0.3, 0.4) is 0 Å². The minimum absolute atomic E-state index is 0.000648. The van der Waals surface area contributed by atoms with E-state index >= 15 is 0 Å². The number of nitriles is 1. The Hall–Kier alpha value is -3.81. The molecule has 0 aliphatic carbocycles. The molecule has 3 heterocycles. The van der Waals surface area contributed by atoms with E-state index in [4.69, 9.17) is 19.9 Å². The van der Waals surface area contributed by atoms with Gasteiger partial charge in [0.1, 0.15) is 23.0 Å². The molecule has 1 fully saturated rings. The number of ether oxygens (including phenoxy) is 3. The molecule has 1 spiro atoms. The summed E-state index contributed by atoms with van der Waals surface area (Å²) in [6.45, 7) is 12.0. The fourth-order valence-corrected chi connectivity index (χ4v) is 5.64. The molecule has 1 saturated heterocycles. The molecule has 0 saturated carbocycles. The standard InChI is InChI=1S/C29H38N4O7/c1-27(2,3)39-21(34)8-7-20(24(31)35)33-15-18-22(25(33)36)17(14-30)13-19-23(18)38-16-29(19)9-11-32(12-10-29)26(37)40-28(4,5)6/h13,20H,7-12,15-16H2,1-6H3,(H2,31,35)/t20-/m0/s1. The fraction of sp³-hybridized carbons (Fsp3) is 0.621. The van der Waals surface area contributed by atoms with Crippen LogP contribution in [-0.4, -0.2) is 70.6 Å². The minimum atomic E-state index is -1.05. The Bertz CT molecular complexity index is 1280. The zero-order valence-electron chi connectivity index (χ0n) is 24.1. The van der Waals surface area contributed by atoms with Gasteiger partial charge in [0, 0.05) is 36.1 Å². The maximum Gasteiger partial charge on any atom is 0.410 e. The van der Waals surface area contributed by atoms with Gasteiger partial charge < -0.3 is 29.7 Å². The third kappa shape index (κ3) is 5.71. The molecule has 3 amide bonds. The van der Waals surface area contributed by atoms with Gasteiger partial charge in [0.2, 0.25) is 5.91 Å². The molecule has 1 aromatic carbocycles. The molecule has 11 nitrogen and oxygen atoms in total. The normalized spacial score (nSPS) is 18.5. The molecule has 0 bridgehead atoms. The first-order valence-corrected chi connectivity index (χ1v) is 13.6. The van der Waals surface area contributed by atoms with Crippen molar-refractivity contribution in [3.63, 3.8) is 0 Å². The Morgan fingerprint density at radius 3 is 2.30 bits per heavy atom. The number of amides is 3. The molecule has 11 heteroatoms. The van der Waals surface area contributed by atoms with Gasteiger partial charge in [-0.05, 0) is 66.9 Å². The summed E-state index contributed by atoms with van der Waals surface area (Å²) in [5.74, 6) is -1.19. The van der Waals surface area contributed by atoms with Crippen LogP contribution in [0.2, 0.25) is 0 Å². The quantitative estimate of drug-likeness (QED) is 0.545. The molecule has 40 heavy (non-hydrogen) atoms. The molecule has 216 valence electrons. The number of nitrogens with two attached hydrogens (primary N) is 1. The molecule has 3 aliphatic rings. The smallest absolute Gasteiger partial charge is 0.410 e. The van der Waals surface area contributed by atoms with Crippen molar-refractivity contribution in [1.82, 2.24) is 9.80 Å². The van der Waals surface area contributed by atoms with Crippen molar-refractivity contribution in [3.8, 4) is 11.8 Å². The first-order valence-electron chi connectivity index (χ1n) is 13.6. The van der Waals surface area contributed by atoms with Crippen LogP contribution in [0.25, 0.3) is 0 Å². The molecule has 0 aromatic heterocycles. The number of carbonyl (C=O) groups is 4. The van der Waals surface area contributed by atoms with E-state index in [0.29, 0.717) is 43.9 Å². The van der Waals surface area contributed by atoms with Gasteiger partial charge >= 0.3 is 12.1 Å². The fourth-order valence-electron chi connectivity index (χ4n) is 5.64. The summed E-state index contributed by atoms with van der Waals surface area (Å²) in [7, 11) is 0. The number of fused-ring (bicyclic) bond motifs is 4. The third-order valence-electron chi connectivity index (χ3n) is 7.49. The van der Waals surface area contributed by atoms with E-state index < -0.39 is 40.4 Å². The lowest BCUT2D eigenvalue weighted by atomic mass is 9.73. The second kappa shape index (κ2) is 10.3. The predicted octanol–water partition coefficient (Wildman–Crippen LogP) is 3.15. The predicted molar refractivity (Wildman–Crippen MR) is 143 cm³/mol. The number of primary amides is 1. The zero-order valence-corrected chi connectivity index (χ0v) is 24.1. The van der Waals surface area contributed by atoms with Crippen LogP contribution < -0.4 is 10.5 Å². The second-order valence-corrected chi connectivity index (χ2v) is 12.8. The van der Waals surface area contributed by atoms with Gasteiger partial charge in [0.25, 0.3) is 5.91 Å². The van der Waals surface area contributed by atoms with Crippen LogP contribution >= 0.6 is 0 Å². The highest BCUT2D eigenvalue weighted by Crippen LogP contribution is 2.50. The van der Waals surface area contributed by atoms with Crippen LogP contribution in [-0.2, 0) is 31.0 Å². The van der Waals surface area contributed by atoms with E-state index in [0.717, 1.165) is 5.56 Å². The highest BCUT2D eigenvalue weighted by atomic mass is 16.6. The van der Waals surface area contributed by atoms with Crippen LogP contribution in [0.5, 0.6) is 5.75 Å². The number of hydrogen-bond acceptors (Lipinski definition) is 8. The van der Waals surface area contributed by atoms with Gasteiger partial charge in [-0.25, -0.2) is 4.79 Å². The number of piperidine rings is 1. The maximum atomic E-state index is 13.5. The van der Waals surface area contributed by atoms with Gasteiger partial charge in [0.05, 0.1) is 30.3 Å². The van der Waals surface area contributed by atoms with E-state index in [1.54, 1.807) is 31.7 Å². The van der Waals surface area contributed by atoms with Crippen molar-refractivity contribution in [1.29, 1.82) is 5.26 Å². The summed E-state index contributed by atoms with van der Waals surface area (Å²) in [6, 6.07) is 2.81. The lowest BCUT2D eigenvalue weighted by Gasteiger charge is -2.39. The minimum Gasteiger partial charge on any atom is -0.492 e. The number of esters is 1. The summed E-state index contributed by atoms with van der Waals surface area (Å²) in [6.07, 6.45) is 0.764. The molecule has 0 unspecified atom stereocenters. The molecule has 1 atom stereocenters. The number of nitrogens with zero attached hydrogens (tertiary/aromatic N) is 3. The number of likely N-dealkylation sites (tertiary alicyclic amines) is 1. The average Bonchev–Trinajstić information content (AvgIpc) is 3.35. The molecule has 0 radical (unpaired) electrons. The van der Waals surface area contributed by atoms with Crippen LogP contribution in [0, 0.1) is 11.3 Å². The Kier molecular flexibility index (Phi) is 7.52. The van der Waals surface area contributed by atoms with Crippen molar-refractivity contribution < 1.29 is 33.4 Å². The SMILES string of the molecule is CC(C)(C)OC(=O)CC[C@@H](C(N)=O)N1Cc2c3c(cc(C#N)c2C1=O)C1(CCN(C(=O)OC(C)(C)C)CC1)CO3. The van der Waals surface area contributed by atoms with Gasteiger partial charge in [0.15, 0.2) is 0 Å². The van der Waals surface area contributed by atoms with Crippen LogP contribution in [0.15, 0.2) is 6.07 Å². The van der Waals surface area contributed by atoms with Crippen molar-refractivity contribution in [3.05, 3.63) is 28.3 Å². The van der Waals surface area contributed by atoms with E-state index in [1.165, 1.54) is 4.90 Å². The highest BCUT2D eigenvalue weighted by Gasteiger charge is 2.49. The van der Waals surface area contributed by atoms with Gasteiger partial charge in [-0.2, -0.15) is 5.26 Å². The summed E-state index contributed by atoms with van der Waals surface area (Å²) in [4.78, 5) is 53.8. The van der Waals surface area contributed by atoms with Crippen LogP contribution in [0.4, 0.5) is 4.79 Å². The molecule has 1 aromatic rings. The number of benzene rings is 1. The zero-order chi connectivity index (χ0) is 29.6. The van der Waals surface area contributed by atoms with Crippen molar-refractivity contribution in [2.75, 3.05) is 19.7 Å². The van der Waals surface area contributed by atoms with Gasteiger partial charge in [-0.1, -0.05) is 0 Å². The Morgan fingerprint density at radius 1 is 1.12 bits per heavy atom. The third-order valence-corrected chi connectivity index (χ3v) is 7.49. The summed E-state index contributed by atoms with van der Waals surface area (Å²) < 4.78 is 17.0. The summed E-state index contributed by atoms with van der Waals surface area (Å²) in [5, 5.41) is 10.00. The number of hydrogen-bond donors (Lipinski definition) is 1.